The van der Waals surface area contributed by atoms with Crippen LogP contribution in [0.15, 0.2) is 0 Å². The Morgan fingerprint density at radius 3 is 2.40 bits per heavy atom. The highest BCUT2D eigenvalue weighted by atomic mass is 32.2. The van der Waals surface area contributed by atoms with Crippen LogP contribution in [0.3, 0.4) is 0 Å². The molecule has 0 aliphatic heterocycles. The number of carboxylic acid groups (broad SMARTS) is 1. The van der Waals surface area contributed by atoms with Crippen LogP contribution >= 0.6 is 0 Å². The van der Waals surface area contributed by atoms with Gasteiger partial charge in [0.15, 0.2) is 0 Å². The van der Waals surface area contributed by atoms with Crippen molar-refractivity contribution in [3.8, 4) is 0 Å². The van der Waals surface area contributed by atoms with Crippen molar-refractivity contribution >= 4 is 22.0 Å². The number of carbonyl (C=O) groups excluding carboxylic acids is 1. The van der Waals surface area contributed by atoms with E-state index in [1.54, 1.807) is 4.72 Å². The topological polar surface area (TPSA) is 113 Å². The van der Waals surface area contributed by atoms with Crippen molar-refractivity contribution in [1.29, 1.82) is 0 Å². The van der Waals surface area contributed by atoms with Crippen molar-refractivity contribution in [2.24, 2.45) is 5.92 Å². The number of carbonyl (C=O) groups is 2. The number of hydrogen-bond donors (Lipinski definition) is 3. The van der Waals surface area contributed by atoms with E-state index in [1.165, 1.54) is 0 Å². The zero-order valence-electron chi connectivity index (χ0n) is 10.3. The summed E-state index contributed by atoms with van der Waals surface area (Å²) >= 11 is 0. The van der Waals surface area contributed by atoms with Crippen LogP contribution in [-0.2, 0) is 14.8 Å². The van der Waals surface area contributed by atoms with Crippen LogP contribution < -0.4 is 10.0 Å². The van der Waals surface area contributed by atoms with Crippen LogP contribution in [0, 0.1) is 5.92 Å². The number of sulfonamides is 1. The number of nitrogens with one attached hydrogen (secondary N) is 2. The zero-order chi connectivity index (χ0) is 15.1. The van der Waals surface area contributed by atoms with E-state index in [1.807, 2.05) is 5.32 Å². The summed E-state index contributed by atoms with van der Waals surface area (Å²) in [5.74, 6) is -1.97. The fourth-order valence-corrected chi connectivity index (χ4v) is 3.55. The number of rotatable bonds is 6. The van der Waals surface area contributed by atoms with E-state index >= 15 is 0 Å². The average Bonchev–Trinajstić information content (AvgIpc) is 3.10. The molecule has 0 aromatic heterocycles. The Labute approximate surface area is 113 Å². The second kappa shape index (κ2) is 4.83. The van der Waals surface area contributed by atoms with E-state index in [0.29, 0.717) is 12.8 Å². The first-order valence-electron chi connectivity index (χ1n) is 6.02. The van der Waals surface area contributed by atoms with Gasteiger partial charge in [-0.25, -0.2) is 22.0 Å². The molecule has 2 rings (SSSR count). The maximum absolute atomic E-state index is 12.3. The summed E-state index contributed by atoms with van der Waals surface area (Å²) in [5.41, 5.74) is -1.76. The molecule has 2 fully saturated rings. The Balaban J connectivity index is 2.08. The first-order valence-corrected chi connectivity index (χ1v) is 7.57. The van der Waals surface area contributed by atoms with Crippen molar-refractivity contribution in [2.45, 2.75) is 42.9 Å². The van der Waals surface area contributed by atoms with Crippen LogP contribution in [0.1, 0.15) is 25.7 Å². The van der Waals surface area contributed by atoms with Crippen molar-refractivity contribution < 1.29 is 31.9 Å². The van der Waals surface area contributed by atoms with Gasteiger partial charge in [0.05, 0.1) is 5.25 Å². The maximum Gasteiger partial charge on any atom is 0.405 e. The summed E-state index contributed by atoms with van der Waals surface area (Å²) in [4.78, 5) is 22.6. The molecule has 114 valence electrons. The quantitative estimate of drug-likeness (QED) is 0.652. The molecule has 3 N–H and O–H groups in total. The first kappa shape index (κ1) is 14.9. The second-order valence-electron chi connectivity index (χ2n) is 5.10. The number of halogens is 2. The highest BCUT2D eigenvalue weighted by Crippen LogP contribution is 2.47. The molecule has 2 aliphatic rings. The van der Waals surface area contributed by atoms with Crippen LogP contribution in [0.5, 0.6) is 0 Å². The lowest BCUT2D eigenvalue weighted by Gasteiger charge is -2.17. The van der Waals surface area contributed by atoms with Crippen LogP contribution in [0.2, 0.25) is 0 Å². The van der Waals surface area contributed by atoms with Gasteiger partial charge < -0.3 is 10.4 Å². The molecule has 0 saturated heterocycles. The average molecular weight is 312 g/mol. The molecule has 20 heavy (non-hydrogen) atoms. The van der Waals surface area contributed by atoms with Gasteiger partial charge in [-0.3, -0.25) is 9.52 Å². The first-order chi connectivity index (χ1) is 9.17. The van der Waals surface area contributed by atoms with Crippen LogP contribution in [0.25, 0.3) is 0 Å². The summed E-state index contributed by atoms with van der Waals surface area (Å²) in [6, 6.07) is 0. The van der Waals surface area contributed by atoms with Gasteiger partial charge in [0, 0.05) is 6.42 Å². The van der Waals surface area contributed by atoms with Gasteiger partial charge in [-0.1, -0.05) is 0 Å². The third kappa shape index (κ3) is 3.00. The molecule has 0 unspecified atom stereocenters. The molecule has 2 atom stereocenters. The van der Waals surface area contributed by atoms with Gasteiger partial charge >= 0.3 is 6.09 Å². The highest BCUT2D eigenvalue weighted by molar-refractivity contribution is 7.90. The Morgan fingerprint density at radius 2 is 1.95 bits per heavy atom. The molecule has 0 aromatic rings. The van der Waals surface area contributed by atoms with Crippen molar-refractivity contribution in [3.63, 3.8) is 0 Å². The molecular weight excluding hydrogens is 298 g/mol. The number of amides is 2. The van der Waals surface area contributed by atoms with Crippen molar-refractivity contribution in [2.75, 3.05) is 0 Å². The van der Waals surface area contributed by atoms with E-state index in [0.717, 1.165) is 0 Å². The van der Waals surface area contributed by atoms with Gasteiger partial charge in [-0.2, -0.15) is 0 Å². The number of hydrogen-bond acceptors (Lipinski definition) is 4. The molecule has 10 heteroatoms. The SMILES string of the molecule is O=C(O)N[C@]1(C(=O)NS(=O)(=O)C2CC2)C[C@H]1CC(F)F. The molecular formula is C10H14F2N2O5S. The van der Waals surface area contributed by atoms with Gasteiger partial charge in [-0.15, -0.1) is 0 Å². The molecule has 0 aromatic carbocycles. The predicted molar refractivity (Wildman–Crippen MR) is 62.7 cm³/mol. The third-order valence-electron chi connectivity index (χ3n) is 3.50. The standard InChI is InChI=1S/C10H14F2N2O5S/c11-7(12)3-5-4-10(5,13-9(16)17)8(15)14-20(18,19)6-1-2-6/h5-7,13H,1-4H2,(H,14,15)(H,16,17)/t5-,10-/m1/s1. The minimum atomic E-state index is -3.84. The Bertz CT molecular complexity index is 534. The summed E-state index contributed by atoms with van der Waals surface area (Å²) < 4.78 is 49.7. The molecule has 0 bridgehead atoms. The molecule has 0 radical (unpaired) electrons. The molecule has 2 saturated carbocycles. The summed E-state index contributed by atoms with van der Waals surface area (Å²) in [7, 11) is -3.84. The molecule has 7 nitrogen and oxygen atoms in total. The second-order valence-corrected chi connectivity index (χ2v) is 7.07. The minimum Gasteiger partial charge on any atom is -0.465 e. The lowest BCUT2D eigenvalue weighted by Crippen LogP contribution is -2.52. The molecule has 2 aliphatic carbocycles. The van der Waals surface area contributed by atoms with E-state index in [4.69, 9.17) is 5.11 Å². The fraction of sp³-hybridized carbons (Fsp3) is 0.800. The monoisotopic (exact) mass is 312 g/mol. The van der Waals surface area contributed by atoms with E-state index in [-0.39, 0.29) is 6.42 Å². The Kier molecular flexibility index (Phi) is 3.61. The summed E-state index contributed by atoms with van der Waals surface area (Å²) in [6.07, 6.45) is -4.16. The van der Waals surface area contributed by atoms with Gasteiger partial charge in [0.1, 0.15) is 5.54 Å². The summed E-state index contributed by atoms with van der Waals surface area (Å²) in [5, 5.41) is 9.90. The smallest absolute Gasteiger partial charge is 0.405 e. The van der Waals surface area contributed by atoms with Gasteiger partial charge in [-0.05, 0) is 25.2 Å². The zero-order valence-corrected chi connectivity index (χ0v) is 11.1. The van der Waals surface area contributed by atoms with Crippen molar-refractivity contribution in [1.82, 2.24) is 10.0 Å². The van der Waals surface area contributed by atoms with Gasteiger partial charge in [0.2, 0.25) is 16.4 Å². The maximum atomic E-state index is 12.3. The van der Waals surface area contributed by atoms with E-state index < -0.39 is 51.6 Å². The highest BCUT2D eigenvalue weighted by Gasteiger charge is 2.62. The largest absolute Gasteiger partial charge is 0.465 e. The van der Waals surface area contributed by atoms with Crippen molar-refractivity contribution in [3.05, 3.63) is 0 Å². The Morgan fingerprint density at radius 1 is 1.35 bits per heavy atom. The molecule has 2 amide bonds. The third-order valence-corrected chi connectivity index (χ3v) is 5.32. The Hall–Kier alpha value is -1.45. The van der Waals surface area contributed by atoms with E-state index in [2.05, 4.69) is 0 Å². The molecule has 0 spiro atoms. The minimum absolute atomic E-state index is 0.129. The van der Waals surface area contributed by atoms with E-state index in [9.17, 15) is 26.8 Å². The van der Waals surface area contributed by atoms with Crippen LogP contribution in [0.4, 0.5) is 13.6 Å². The lowest BCUT2D eigenvalue weighted by molar-refractivity contribution is -0.122. The number of alkyl halides is 2. The summed E-state index contributed by atoms with van der Waals surface area (Å²) in [6.45, 7) is 0. The fourth-order valence-electron chi connectivity index (χ4n) is 2.19. The predicted octanol–water partition coefficient (Wildman–Crippen LogP) is 0.276. The van der Waals surface area contributed by atoms with Crippen LogP contribution in [-0.4, -0.2) is 42.7 Å². The molecule has 0 heterocycles. The lowest BCUT2D eigenvalue weighted by atomic mass is 10.1. The van der Waals surface area contributed by atoms with Gasteiger partial charge in [0.25, 0.3) is 5.91 Å². The normalized spacial score (nSPS) is 29.1.